The van der Waals surface area contributed by atoms with E-state index in [-0.39, 0.29) is 30.5 Å². The van der Waals surface area contributed by atoms with Crippen LogP contribution in [0.4, 0.5) is 4.79 Å². The smallest absolute Gasteiger partial charge is 0.325 e. The molecule has 1 saturated heterocycles. The molecule has 4 amide bonds. The van der Waals surface area contributed by atoms with E-state index in [4.69, 9.17) is 0 Å². The van der Waals surface area contributed by atoms with E-state index >= 15 is 0 Å². The highest BCUT2D eigenvalue weighted by molar-refractivity contribution is 7.10. The molecule has 0 unspecified atom stereocenters. The Hall–Kier alpha value is -1.93. The summed E-state index contributed by atoms with van der Waals surface area (Å²) in [4.78, 5) is 38.4. The first-order chi connectivity index (χ1) is 11.3. The molecule has 0 spiro atoms. The quantitative estimate of drug-likeness (QED) is 0.690. The van der Waals surface area contributed by atoms with Crippen molar-refractivity contribution < 1.29 is 19.5 Å². The van der Waals surface area contributed by atoms with Crippen LogP contribution < -0.4 is 10.6 Å². The number of rotatable bonds is 5. The Morgan fingerprint density at radius 2 is 2.21 bits per heavy atom. The maximum Gasteiger partial charge on any atom is 0.325 e. The third kappa shape index (κ3) is 3.03. The van der Waals surface area contributed by atoms with Crippen molar-refractivity contribution in [3.05, 3.63) is 22.4 Å². The fraction of sp³-hybridized carbons (Fsp3) is 0.562. The fourth-order valence-electron chi connectivity index (χ4n) is 3.12. The molecule has 1 aliphatic heterocycles. The Labute approximate surface area is 144 Å². The lowest BCUT2D eigenvalue weighted by Gasteiger charge is -2.38. The number of amides is 4. The van der Waals surface area contributed by atoms with Crippen LogP contribution in [0.3, 0.4) is 0 Å². The van der Waals surface area contributed by atoms with Crippen molar-refractivity contribution in [3.63, 3.8) is 0 Å². The van der Waals surface area contributed by atoms with Gasteiger partial charge in [-0.2, -0.15) is 0 Å². The number of imide groups is 1. The summed E-state index contributed by atoms with van der Waals surface area (Å²) >= 11 is 1.55. The van der Waals surface area contributed by atoms with Crippen molar-refractivity contribution in [1.82, 2.24) is 15.5 Å². The van der Waals surface area contributed by atoms with Gasteiger partial charge in [-0.05, 0) is 44.1 Å². The molecule has 3 N–H and O–H groups in total. The minimum Gasteiger partial charge on any atom is -0.393 e. The van der Waals surface area contributed by atoms with Crippen LogP contribution in [0.25, 0.3) is 0 Å². The van der Waals surface area contributed by atoms with Crippen LogP contribution in [0.5, 0.6) is 0 Å². The second-order valence-electron chi connectivity index (χ2n) is 6.85. The van der Waals surface area contributed by atoms with E-state index in [1.54, 1.807) is 25.2 Å². The first kappa shape index (κ1) is 16.9. The summed E-state index contributed by atoms with van der Waals surface area (Å²) in [6.07, 6.45) is 0.990. The van der Waals surface area contributed by atoms with Crippen LogP contribution in [-0.2, 0) is 9.59 Å². The standard InChI is InChI=1S/C16H21N3O4S/c1-16(2)14(22)18-15(23)19(16)8-12(21)17-13(9-6-10(20)7-9)11-4-3-5-24-11/h3-5,9-10,13,20H,6-8H2,1-2H3,(H,17,21)(H,18,22,23)/t9?,10?,13-/m1/s1. The first-order valence-electron chi connectivity index (χ1n) is 7.93. The van der Waals surface area contributed by atoms with Crippen LogP contribution >= 0.6 is 11.3 Å². The zero-order valence-electron chi connectivity index (χ0n) is 13.6. The van der Waals surface area contributed by atoms with Gasteiger partial charge in [0.05, 0.1) is 12.1 Å². The SMILES string of the molecule is CC1(C)C(=O)NC(=O)N1CC(=O)N[C@@H](c1cccs1)C1CC(O)C1. The third-order valence-corrected chi connectivity index (χ3v) is 5.74. The molecule has 130 valence electrons. The molecule has 24 heavy (non-hydrogen) atoms. The molecular formula is C16H21N3O4S. The number of carbonyl (C=O) groups is 3. The average molecular weight is 351 g/mol. The minimum atomic E-state index is -1.04. The Morgan fingerprint density at radius 1 is 1.50 bits per heavy atom. The van der Waals surface area contributed by atoms with Gasteiger partial charge in [-0.1, -0.05) is 6.07 Å². The summed E-state index contributed by atoms with van der Waals surface area (Å²) in [5.41, 5.74) is -1.04. The van der Waals surface area contributed by atoms with E-state index in [1.165, 1.54) is 4.90 Å². The molecule has 7 nitrogen and oxygen atoms in total. The number of carbonyl (C=O) groups excluding carboxylic acids is 3. The van der Waals surface area contributed by atoms with Crippen LogP contribution in [-0.4, -0.2) is 46.0 Å². The fourth-order valence-corrected chi connectivity index (χ4v) is 3.99. The lowest BCUT2D eigenvalue weighted by atomic mass is 9.76. The molecule has 1 saturated carbocycles. The molecular weight excluding hydrogens is 330 g/mol. The molecule has 3 rings (SSSR count). The molecule has 2 aliphatic rings. The van der Waals surface area contributed by atoms with Crippen molar-refractivity contribution in [2.45, 2.75) is 44.4 Å². The Morgan fingerprint density at radius 3 is 2.71 bits per heavy atom. The van der Waals surface area contributed by atoms with E-state index in [9.17, 15) is 19.5 Å². The van der Waals surface area contributed by atoms with Crippen molar-refractivity contribution in [3.8, 4) is 0 Å². The Balaban J connectivity index is 1.68. The molecule has 8 heteroatoms. The van der Waals surface area contributed by atoms with Crippen molar-refractivity contribution in [2.75, 3.05) is 6.54 Å². The van der Waals surface area contributed by atoms with Crippen LogP contribution in [0, 0.1) is 5.92 Å². The maximum absolute atomic E-state index is 12.5. The van der Waals surface area contributed by atoms with Gasteiger partial charge >= 0.3 is 6.03 Å². The topological polar surface area (TPSA) is 98.7 Å². The predicted molar refractivity (Wildman–Crippen MR) is 88.3 cm³/mol. The van der Waals surface area contributed by atoms with Gasteiger partial charge in [-0.15, -0.1) is 11.3 Å². The molecule has 2 fully saturated rings. The molecule has 0 aromatic carbocycles. The highest BCUT2D eigenvalue weighted by atomic mass is 32.1. The highest BCUT2D eigenvalue weighted by Gasteiger charge is 2.46. The largest absolute Gasteiger partial charge is 0.393 e. The number of aliphatic hydroxyl groups is 1. The van der Waals surface area contributed by atoms with Gasteiger partial charge in [0.2, 0.25) is 5.91 Å². The van der Waals surface area contributed by atoms with E-state index in [1.807, 2.05) is 17.5 Å². The summed E-state index contributed by atoms with van der Waals surface area (Å²) < 4.78 is 0. The monoisotopic (exact) mass is 351 g/mol. The summed E-state index contributed by atoms with van der Waals surface area (Å²) in [5, 5.41) is 16.7. The van der Waals surface area contributed by atoms with Crippen LogP contribution in [0.1, 0.15) is 37.6 Å². The number of urea groups is 1. The molecule has 1 aromatic rings. The first-order valence-corrected chi connectivity index (χ1v) is 8.81. The van der Waals surface area contributed by atoms with Gasteiger partial charge in [0, 0.05) is 4.88 Å². The van der Waals surface area contributed by atoms with Crippen molar-refractivity contribution in [2.24, 2.45) is 5.92 Å². The molecule has 2 heterocycles. The van der Waals surface area contributed by atoms with E-state index in [0.717, 1.165) is 4.88 Å². The van der Waals surface area contributed by atoms with Crippen LogP contribution in [0.2, 0.25) is 0 Å². The average Bonchev–Trinajstić information content (AvgIpc) is 3.06. The summed E-state index contributed by atoms with van der Waals surface area (Å²) in [6, 6.07) is 3.15. The molecule has 0 bridgehead atoms. The second-order valence-corrected chi connectivity index (χ2v) is 7.83. The normalized spacial score (nSPS) is 26.7. The van der Waals surface area contributed by atoms with Crippen molar-refractivity contribution in [1.29, 1.82) is 0 Å². The molecule has 1 atom stereocenters. The highest BCUT2D eigenvalue weighted by Crippen LogP contribution is 2.39. The molecule has 0 radical (unpaired) electrons. The van der Waals surface area contributed by atoms with Gasteiger partial charge in [-0.25, -0.2) is 4.79 Å². The van der Waals surface area contributed by atoms with Gasteiger partial charge < -0.3 is 15.3 Å². The van der Waals surface area contributed by atoms with Crippen molar-refractivity contribution >= 4 is 29.2 Å². The van der Waals surface area contributed by atoms with E-state index < -0.39 is 17.5 Å². The molecule has 1 aromatic heterocycles. The number of hydrogen-bond donors (Lipinski definition) is 3. The summed E-state index contributed by atoms with van der Waals surface area (Å²) in [5.74, 6) is -0.533. The van der Waals surface area contributed by atoms with Gasteiger partial charge in [0.25, 0.3) is 5.91 Å². The number of thiophene rings is 1. The zero-order chi connectivity index (χ0) is 17.5. The van der Waals surface area contributed by atoms with E-state index in [2.05, 4.69) is 10.6 Å². The van der Waals surface area contributed by atoms with Gasteiger partial charge in [0.15, 0.2) is 0 Å². The number of hydrogen-bond acceptors (Lipinski definition) is 5. The summed E-state index contributed by atoms with van der Waals surface area (Å²) in [7, 11) is 0. The minimum absolute atomic E-state index is 0.176. The lowest BCUT2D eigenvalue weighted by Crippen LogP contribution is -2.50. The number of nitrogens with one attached hydrogen (secondary N) is 2. The van der Waals surface area contributed by atoms with Crippen LogP contribution in [0.15, 0.2) is 17.5 Å². The maximum atomic E-state index is 12.5. The molecule has 1 aliphatic carbocycles. The number of aliphatic hydroxyl groups excluding tert-OH is 1. The lowest BCUT2D eigenvalue weighted by molar-refractivity contribution is -0.127. The predicted octanol–water partition coefficient (Wildman–Crippen LogP) is 1.01. The third-order valence-electron chi connectivity index (χ3n) is 4.79. The number of nitrogens with zero attached hydrogens (tertiary/aromatic N) is 1. The Bertz CT molecular complexity index is 652. The van der Waals surface area contributed by atoms with E-state index in [0.29, 0.717) is 12.8 Å². The summed E-state index contributed by atoms with van der Waals surface area (Å²) in [6.45, 7) is 3.04. The van der Waals surface area contributed by atoms with Gasteiger partial charge in [-0.3, -0.25) is 14.9 Å². The Kier molecular flexibility index (Phi) is 4.35. The van der Waals surface area contributed by atoms with Gasteiger partial charge in [0.1, 0.15) is 12.1 Å². The zero-order valence-corrected chi connectivity index (χ0v) is 14.4. The second kappa shape index (κ2) is 6.18.